The smallest absolute Gasteiger partial charge is 0.306 e. The molecule has 2 aromatic carbocycles. The molecule has 0 aliphatic carbocycles. The highest BCUT2D eigenvalue weighted by molar-refractivity contribution is 8.18. The Morgan fingerprint density at radius 3 is 2.79 bits per heavy atom. The van der Waals surface area contributed by atoms with Gasteiger partial charge in [-0.25, -0.2) is 4.99 Å². The van der Waals surface area contributed by atoms with Crippen LogP contribution in [0.2, 0.25) is 0 Å². The molecule has 0 aromatic heterocycles. The monoisotopic (exact) mass is 396 g/mol. The number of amides is 1. The molecule has 1 heterocycles. The summed E-state index contributed by atoms with van der Waals surface area (Å²) in [5.41, 5.74) is 3.92. The van der Waals surface area contributed by atoms with Gasteiger partial charge in [-0.1, -0.05) is 18.2 Å². The molecule has 28 heavy (non-hydrogen) atoms. The second-order valence-corrected chi connectivity index (χ2v) is 7.35. The predicted octanol–water partition coefficient (Wildman–Crippen LogP) is 4.05. The van der Waals surface area contributed by atoms with Gasteiger partial charge in [0, 0.05) is 0 Å². The zero-order valence-corrected chi connectivity index (χ0v) is 16.4. The van der Waals surface area contributed by atoms with Crippen molar-refractivity contribution in [3.63, 3.8) is 0 Å². The molecule has 0 atom stereocenters. The van der Waals surface area contributed by atoms with Crippen molar-refractivity contribution >= 4 is 40.6 Å². The molecular formula is C21H20N2O4S. The number of hydrogen-bond donors (Lipinski definition) is 2. The first-order chi connectivity index (χ1) is 13.4. The molecule has 0 unspecified atom stereocenters. The molecule has 1 aliphatic heterocycles. The number of aliphatic imine (C=N–C) groups is 1. The molecule has 6 nitrogen and oxygen atoms in total. The lowest BCUT2D eigenvalue weighted by Gasteiger charge is -2.05. The van der Waals surface area contributed by atoms with E-state index in [-0.39, 0.29) is 18.9 Å². The topological polar surface area (TPSA) is 88.0 Å². The van der Waals surface area contributed by atoms with Gasteiger partial charge < -0.3 is 15.2 Å². The predicted molar refractivity (Wildman–Crippen MR) is 111 cm³/mol. The largest absolute Gasteiger partial charge is 0.493 e. The number of amidine groups is 1. The van der Waals surface area contributed by atoms with Crippen LogP contribution in [0.25, 0.3) is 6.08 Å². The lowest BCUT2D eigenvalue weighted by Crippen LogP contribution is -2.19. The van der Waals surface area contributed by atoms with Crippen LogP contribution in [-0.4, -0.2) is 28.8 Å². The Hall–Kier alpha value is -3.06. The number of carbonyl (C=O) groups excluding carboxylic acids is 1. The SMILES string of the molecule is Cc1ccc(N=C2NC(=O)/C(=C\c3cccc(OCCC(=O)O)c3)S2)cc1C. The fourth-order valence-electron chi connectivity index (χ4n) is 2.49. The van der Waals surface area contributed by atoms with Crippen molar-refractivity contribution in [2.24, 2.45) is 4.99 Å². The molecule has 1 amide bonds. The summed E-state index contributed by atoms with van der Waals surface area (Å²) in [6, 6.07) is 13.1. The third kappa shape index (κ3) is 5.23. The first-order valence-corrected chi connectivity index (χ1v) is 9.54. The molecule has 1 fully saturated rings. The fourth-order valence-corrected chi connectivity index (χ4v) is 3.34. The quantitative estimate of drug-likeness (QED) is 0.719. The van der Waals surface area contributed by atoms with Gasteiger partial charge in [0.25, 0.3) is 5.91 Å². The van der Waals surface area contributed by atoms with Crippen molar-refractivity contribution in [2.45, 2.75) is 20.3 Å². The van der Waals surface area contributed by atoms with Crippen molar-refractivity contribution in [1.82, 2.24) is 5.32 Å². The van der Waals surface area contributed by atoms with Crippen LogP contribution in [0.1, 0.15) is 23.1 Å². The number of carboxylic acids is 1. The van der Waals surface area contributed by atoms with Crippen LogP contribution in [0.5, 0.6) is 5.75 Å². The number of ether oxygens (including phenoxy) is 1. The van der Waals surface area contributed by atoms with Crippen molar-refractivity contribution < 1.29 is 19.4 Å². The van der Waals surface area contributed by atoms with Gasteiger partial charge >= 0.3 is 5.97 Å². The van der Waals surface area contributed by atoms with Gasteiger partial charge in [-0.15, -0.1) is 0 Å². The fraction of sp³-hybridized carbons (Fsp3) is 0.190. The number of hydrogen-bond acceptors (Lipinski definition) is 5. The summed E-state index contributed by atoms with van der Waals surface area (Å²) in [4.78, 5) is 27.9. The highest BCUT2D eigenvalue weighted by Gasteiger charge is 2.23. The molecule has 2 aromatic rings. The Morgan fingerprint density at radius 1 is 1.21 bits per heavy atom. The van der Waals surface area contributed by atoms with E-state index in [0.29, 0.717) is 15.8 Å². The minimum absolute atomic E-state index is 0.0676. The number of aryl methyl sites for hydroxylation is 2. The number of rotatable bonds is 6. The summed E-state index contributed by atoms with van der Waals surface area (Å²) < 4.78 is 5.43. The number of carbonyl (C=O) groups is 2. The Kier molecular flexibility index (Phi) is 6.16. The lowest BCUT2D eigenvalue weighted by atomic mass is 10.1. The van der Waals surface area contributed by atoms with Crippen LogP contribution < -0.4 is 10.1 Å². The van der Waals surface area contributed by atoms with E-state index in [1.54, 1.807) is 24.3 Å². The van der Waals surface area contributed by atoms with Crippen LogP contribution in [-0.2, 0) is 9.59 Å². The third-order valence-electron chi connectivity index (χ3n) is 4.11. The van der Waals surface area contributed by atoms with Crippen LogP contribution in [0.15, 0.2) is 52.4 Å². The van der Waals surface area contributed by atoms with Crippen LogP contribution in [0.4, 0.5) is 5.69 Å². The molecule has 0 bridgehead atoms. The third-order valence-corrected chi connectivity index (χ3v) is 5.02. The zero-order valence-electron chi connectivity index (χ0n) is 15.6. The molecule has 3 rings (SSSR count). The minimum atomic E-state index is -0.909. The summed E-state index contributed by atoms with van der Waals surface area (Å²) in [6.45, 7) is 4.16. The molecule has 0 radical (unpaired) electrons. The maximum atomic E-state index is 12.3. The molecule has 1 saturated heterocycles. The van der Waals surface area contributed by atoms with Crippen molar-refractivity contribution in [3.8, 4) is 5.75 Å². The van der Waals surface area contributed by atoms with Crippen molar-refractivity contribution in [1.29, 1.82) is 0 Å². The van der Waals surface area contributed by atoms with Crippen LogP contribution >= 0.6 is 11.8 Å². The van der Waals surface area contributed by atoms with Gasteiger partial charge in [0.2, 0.25) is 0 Å². The number of benzene rings is 2. The molecule has 2 N–H and O–H groups in total. The second kappa shape index (κ2) is 8.75. The lowest BCUT2D eigenvalue weighted by molar-refractivity contribution is -0.137. The molecule has 7 heteroatoms. The van der Waals surface area contributed by atoms with Gasteiger partial charge in [0.15, 0.2) is 5.17 Å². The summed E-state index contributed by atoms with van der Waals surface area (Å²) in [6.07, 6.45) is 1.69. The van der Waals surface area contributed by atoms with E-state index in [1.165, 1.54) is 17.3 Å². The van der Waals surface area contributed by atoms with E-state index in [0.717, 1.165) is 16.8 Å². The van der Waals surface area contributed by atoms with E-state index < -0.39 is 5.97 Å². The zero-order chi connectivity index (χ0) is 20.1. The first-order valence-electron chi connectivity index (χ1n) is 8.72. The minimum Gasteiger partial charge on any atom is -0.493 e. The summed E-state index contributed by atoms with van der Waals surface area (Å²) in [5.74, 6) is -0.555. The maximum absolute atomic E-state index is 12.3. The molecule has 0 spiro atoms. The molecule has 144 valence electrons. The number of aliphatic carboxylic acids is 1. The van der Waals surface area contributed by atoms with E-state index in [4.69, 9.17) is 9.84 Å². The standard InChI is InChI=1S/C21H20N2O4S/c1-13-6-7-16(10-14(13)2)22-21-23-20(26)18(28-21)12-15-4-3-5-17(11-15)27-9-8-19(24)25/h3-7,10-12H,8-9H2,1-2H3,(H,24,25)(H,22,23,26)/b18-12+. The van der Waals surface area contributed by atoms with E-state index in [9.17, 15) is 9.59 Å². The van der Waals surface area contributed by atoms with Gasteiger partial charge in [0.1, 0.15) is 5.75 Å². The Labute approximate surface area is 167 Å². The van der Waals surface area contributed by atoms with Gasteiger partial charge in [-0.05, 0) is 72.6 Å². The number of nitrogens with one attached hydrogen (secondary N) is 1. The van der Waals surface area contributed by atoms with Crippen LogP contribution in [0, 0.1) is 13.8 Å². The molecule has 1 aliphatic rings. The second-order valence-electron chi connectivity index (χ2n) is 6.31. The molecule has 0 saturated carbocycles. The van der Waals surface area contributed by atoms with E-state index >= 15 is 0 Å². The number of carboxylic acid groups (broad SMARTS) is 1. The van der Waals surface area contributed by atoms with Gasteiger partial charge in [-0.3, -0.25) is 9.59 Å². The van der Waals surface area contributed by atoms with Crippen molar-refractivity contribution in [3.05, 3.63) is 64.1 Å². The highest BCUT2D eigenvalue weighted by Crippen LogP contribution is 2.29. The maximum Gasteiger partial charge on any atom is 0.306 e. The Balaban J connectivity index is 1.72. The summed E-state index contributed by atoms with van der Waals surface area (Å²) in [5, 5.41) is 12.0. The van der Waals surface area contributed by atoms with Crippen LogP contribution in [0.3, 0.4) is 0 Å². The van der Waals surface area contributed by atoms with E-state index in [2.05, 4.69) is 10.3 Å². The normalized spacial score (nSPS) is 16.4. The average molecular weight is 396 g/mol. The number of nitrogens with zero attached hydrogens (tertiary/aromatic N) is 1. The average Bonchev–Trinajstić information content (AvgIpc) is 2.97. The Bertz CT molecular complexity index is 982. The summed E-state index contributed by atoms with van der Waals surface area (Å²) >= 11 is 1.28. The van der Waals surface area contributed by atoms with Gasteiger partial charge in [-0.2, -0.15) is 0 Å². The highest BCUT2D eigenvalue weighted by atomic mass is 32.2. The van der Waals surface area contributed by atoms with E-state index in [1.807, 2.05) is 38.1 Å². The first kappa shape index (κ1) is 19.7. The Morgan fingerprint density at radius 2 is 2.04 bits per heavy atom. The number of thioether (sulfide) groups is 1. The van der Waals surface area contributed by atoms with Gasteiger partial charge in [0.05, 0.1) is 23.6 Å². The summed E-state index contributed by atoms with van der Waals surface area (Å²) in [7, 11) is 0. The molecular weight excluding hydrogens is 376 g/mol. The van der Waals surface area contributed by atoms with Crippen molar-refractivity contribution in [2.75, 3.05) is 6.61 Å².